The molecule has 3 heterocycles. The van der Waals surface area contributed by atoms with Crippen LogP contribution < -0.4 is 4.74 Å². The van der Waals surface area contributed by atoms with E-state index in [1.54, 1.807) is 13.2 Å². The van der Waals surface area contributed by atoms with Crippen molar-refractivity contribution in [3.8, 4) is 5.88 Å². The van der Waals surface area contributed by atoms with Gasteiger partial charge in [0.15, 0.2) is 0 Å². The number of H-pyrrole nitrogens is 1. The molecule has 1 aliphatic rings. The molecule has 1 amide bonds. The molecular weight excluding hydrogens is 356 g/mol. The molecule has 3 aromatic rings. The number of benzene rings is 1. The van der Waals surface area contributed by atoms with Gasteiger partial charge in [-0.2, -0.15) is 0 Å². The third-order valence-corrected chi connectivity index (χ3v) is 5.59. The highest BCUT2D eigenvalue weighted by Gasteiger charge is 2.30. The Balaban J connectivity index is 1.51. The van der Waals surface area contributed by atoms with Crippen molar-refractivity contribution in [1.29, 1.82) is 0 Å². The number of hydrogen-bond donors (Lipinski definition) is 1. The molecule has 1 N–H and O–H groups in total. The Kier molecular flexibility index (Phi) is 5.07. The summed E-state index contributed by atoms with van der Waals surface area (Å²) in [5, 5.41) is 3.79. The van der Waals surface area contributed by atoms with Crippen LogP contribution in [0.15, 0.2) is 22.7 Å². The molecule has 0 aliphatic carbocycles. The third-order valence-electron chi connectivity index (χ3n) is 5.59. The lowest BCUT2D eigenvalue weighted by Crippen LogP contribution is -2.39. The van der Waals surface area contributed by atoms with Gasteiger partial charge in [0, 0.05) is 25.5 Å². The van der Waals surface area contributed by atoms with E-state index >= 15 is 0 Å². The molecule has 0 unspecified atom stereocenters. The molecule has 0 spiro atoms. The van der Waals surface area contributed by atoms with Gasteiger partial charge in [-0.15, -0.1) is 0 Å². The summed E-state index contributed by atoms with van der Waals surface area (Å²) >= 11 is 0. The lowest BCUT2D eigenvalue weighted by molar-refractivity contribution is -0.135. The molecule has 0 bridgehead atoms. The maximum Gasteiger partial charge on any atom is 0.254 e. The van der Waals surface area contributed by atoms with Gasteiger partial charge in [0.05, 0.1) is 24.2 Å². The van der Waals surface area contributed by atoms with Crippen molar-refractivity contribution in [2.45, 2.75) is 52.0 Å². The highest BCUT2D eigenvalue weighted by Crippen LogP contribution is 2.31. The van der Waals surface area contributed by atoms with Crippen molar-refractivity contribution in [1.82, 2.24) is 20.0 Å². The predicted octanol–water partition coefficient (Wildman–Crippen LogP) is 3.86. The number of nitrogens with one attached hydrogen (secondary N) is 1. The van der Waals surface area contributed by atoms with Crippen LogP contribution in [0.4, 0.5) is 0 Å². The van der Waals surface area contributed by atoms with Crippen LogP contribution in [0.25, 0.3) is 11.0 Å². The van der Waals surface area contributed by atoms with Gasteiger partial charge >= 0.3 is 0 Å². The standard InChI is InChI=1S/C21H26N4O3/c1-13-10-16-17(11-14(13)2)23-21(22-16)18-6-4-5-9-25(18)20(26)8-7-15-12-19(27-3)24-28-15/h10-12,18H,4-9H2,1-3H3,(H,22,23)/t18-/m1/s1. The van der Waals surface area contributed by atoms with E-state index in [1.165, 1.54) is 11.1 Å². The van der Waals surface area contributed by atoms with Crippen molar-refractivity contribution in [2.24, 2.45) is 0 Å². The maximum atomic E-state index is 12.9. The van der Waals surface area contributed by atoms with E-state index in [-0.39, 0.29) is 11.9 Å². The van der Waals surface area contributed by atoms with E-state index in [1.807, 2.05) is 4.90 Å². The lowest BCUT2D eigenvalue weighted by Gasteiger charge is -2.34. The fraction of sp³-hybridized carbons (Fsp3) is 0.476. The first kappa shape index (κ1) is 18.5. The Morgan fingerprint density at radius 2 is 2.11 bits per heavy atom. The molecule has 1 atom stereocenters. The van der Waals surface area contributed by atoms with E-state index < -0.39 is 0 Å². The zero-order valence-corrected chi connectivity index (χ0v) is 16.6. The molecule has 1 fully saturated rings. The van der Waals surface area contributed by atoms with Gasteiger partial charge in [-0.1, -0.05) is 0 Å². The van der Waals surface area contributed by atoms with Crippen LogP contribution in [0.5, 0.6) is 5.88 Å². The molecule has 1 saturated heterocycles. The van der Waals surface area contributed by atoms with E-state index in [0.29, 0.717) is 24.5 Å². The van der Waals surface area contributed by atoms with E-state index in [9.17, 15) is 4.79 Å². The molecule has 4 rings (SSSR count). The van der Waals surface area contributed by atoms with Gasteiger partial charge < -0.3 is 19.1 Å². The van der Waals surface area contributed by atoms with Crippen molar-refractivity contribution in [3.05, 3.63) is 40.9 Å². The van der Waals surface area contributed by atoms with Crippen LogP contribution in [-0.4, -0.2) is 39.6 Å². The summed E-state index contributed by atoms with van der Waals surface area (Å²) in [6.07, 6.45) is 3.95. The summed E-state index contributed by atoms with van der Waals surface area (Å²) in [4.78, 5) is 23.2. The van der Waals surface area contributed by atoms with Crippen LogP contribution in [0.3, 0.4) is 0 Å². The monoisotopic (exact) mass is 382 g/mol. The molecule has 1 aliphatic heterocycles. The quantitative estimate of drug-likeness (QED) is 0.724. The summed E-state index contributed by atoms with van der Waals surface area (Å²) in [5.74, 6) is 2.10. The number of aromatic nitrogens is 3. The zero-order chi connectivity index (χ0) is 19.7. The first-order valence-corrected chi connectivity index (χ1v) is 9.81. The minimum Gasteiger partial charge on any atom is -0.479 e. The number of nitrogens with zero attached hydrogens (tertiary/aromatic N) is 3. The van der Waals surface area contributed by atoms with Crippen LogP contribution in [0.1, 0.15) is 54.4 Å². The number of methoxy groups -OCH3 is 1. The number of fused-ring (bicyclic) bond motifs is 1. The average molecular weight is 382 g/mol. The molecule has 7 nitrogen and oxygen atoms in total. The summed E-state index contributed by atoms with van der Waals surface area (Å²) < 4.78 is 10.2. The van der Waals surface area contributed by atoms with Gasteiger partial charge in [-0.25, -0.2) is 4.98 Å². The van der Waals surface area contributed by atoms with Crippen LogP contribution in [0, 0.1) is 13.8 Å². The van der Waals surface area contributed by atoms with Gasteiger partial charge in [0.25, 0.3) is 5.88 Å². The fourth-order valence-corrected chi connectivity index (χ4v) is 3.84. The summed E-state index contributed by atoms with van der Waals surface area (Å²) in [6.45, 7) is 4.96. The number of hydrogen-bond acceptors (Lipinski definition) is 5. The summed E-state index contributed by atoms with van der Waals surface area (Å²) in [5.41, 5.74) is 4.46. The lowest BCUT2D eigenvalue weighted by atomic mass is 10.0. The van der Waals surface area contributed by atoms with Crippen molar-refractivity contribution < 1.29 is 14.1 Å². The molecule has 0 saturated carbocycles. The van der Waals surface area contributed by atoms with Gasteiger partial charge in [0.1, 0.15) is 11.6 Å². The molecule has 2 aromatic heterocycles. The third kappa shape index (κ3) is 3.61. The smallest absolute Gasteiger partial charge is 0.254 e. The normalized spacial score (nSPS) is 17.2. The number of piperidine rings is 1. The fourth-order valence-electron chi connectivity index (χ4n) is 3.84. The SMILES string of the molecule is COc1cc(CCC(=O)N2CCCC[C@@H]2c2nc3cc(C)c(C)cc3[nH]2)on1. The van der Waals surface area contributed by atoms with Crippen molar-refractivity contribution in [3.63, 3.8) is 0 Å². The first-order valence-electron chi connectivity index (χ1n) is 9.81. The number of carbonyl (C=O) groups is 1. The Bertz CT molecular complexity index is 952. The minimum absolute atomic E-state index is 0.00137. The Labute approximate surface area is 164 Å². The first-order chi connectivity index (χ1) is 13.5. The zero-order valence-electron chi connectivity index (χ0n) is 16.6. The highest BCUT2D eigenvalue weighted by atomic mass is 16.5. The van der Waals surface area contributed by atoms with E-state index in [4.69, 9.17) is 14.2 Å². The summed E-state index contributed by atoms with van der Waals surface area (Å²) in [6, 6.07) is 5.97. The predicted molar refractivity (Wildman–Crippen MR) is 105 cm³/mol. The molecule has 0 radical (unpaired) electrons. The number of carbonyl (C=O) groups excluding carboxylic acids is 1. The second-order valence-corrected chi connectivity index (χ2v) is 7.51. The Morgan fingerprint density at radius 3 is 2.89 bits per heavy atom. The molecule has 7 heteroatoms. The topological polar surface area (TPSA) is 84.2 Å². The van der Waals surface area contributed by atoms with Crippen molar-refractivity contribution in [2.75, 3.05) is 13.7 Å². The van der Waals surface area contributed by atoms with Crippen molar-refractivity contribution >= 4 is 16.9 Å². The molecule has 28 heavy (non-hydrogen) atoms. The van der Waals surface area contributed by atoms with Crippen LogP contribution >= 0.6 is 0 Å². The van der Waals surface area contributed by atoms with E-state index in [0.717, 1.165) is 42.7 Å². The number of likely N-dealkylation sites (tertiary alicyclic amines) is 1. The van der Waals surface area contributed by atoms with Gasteiger partial charge in [-0.3, -0.25) is 4.79 Å². The summed E-state index contributed by atoms with van der Waals surface area (Å²) in [7, 11) is 1.54. The number of aryl methyl sites for hydroxylation is 3. The number of rotatable bonds is 5. The van der Waals surface area contributed by atoms with Crippen LogP contribution in [-0.2, 0) is 11.2 Å². The Hall–Kier alpha value is -2.83. The number of amides is 1. The van der Waals surface area contributed by atoms with E-state index in [2.05, 4.69) is 36.1 Å². The highest BCUT2D eigenvalue weighted by molar-refractivity contribution is 5.79. The average Bonchev–Trinajstić information content (AvgIpc) is 3.33. The second kappa shape index (κ2) is 7.66. The minimum atomic E-state index is -0.00137. The largest absolute Gasteiger partial charge is 0.479 e. The molecular formula is C21H26N4O3. The molecule has 148 valence electrons. The number of imidazole rings is 1. The number of ether oxygens (including phenoxy) is 1. The van der Waals surface area contributed by atoms with Gasteiger partial charge in [0.2, 0.25) is 5.91 Å². The Morgan fingerprint density at radius 1 is 1.29 bits per heavy atom. The maximum absolute atomic E-state index is 12.9. The number of aromatic amines is 1. The molecule has 1 aromatic carbocycles. The van der Waals surface area contributed by atoms with Crippen LogP contribution in [0.2, 0.25) is 0 Å². The van der Waals surface area contributed by atoms with Gasteiger partial charge in [-0.05, 0) is 61.5 Å². The second-order valence-electron chi connectivity index (χ2n) is 7.51.